The van der Waals surface area contributed by atoms with E-state index in [1.807, 2.05) is 0 Å². The highest BCUT2D eigenvalue weighted by Gasteiger charge is 2.31. The number of carbonyl (C=O) groups excluding carboxylic acids is 1. The van der Waals surface area contributed by atoms with Gasteiger partial charge in [0.1, 0.15) is 22.7 Å². The number of carbonyl (C=O) groups is 1. The van der Waals surface area contributed by atoms with Crippen LogP contribution in [0.1, 0.15) is 39.7 Å². The molecule has 1 amide bonds. The van der Waals surface area contributed by atoms with E-state index < -0.39 is 38.3 Å². The number of piperidine rings is 1. The monoisotopic (exact) mass is 612 g/mol. The van der Waals surface area contributed by atoms with Crippen LogP contribution in [0.4, 0.5) is 4.79 Å². The minimum Gasteiger partial charge on any atom is -0.495 e. The number of pyridine rings is 1. The average Bonchev–Trinajstić information content (AvgIpc) is 2.87. The molecular weight excluding hydrogens is 583 g/mol. The Morgan fingerprint density at radius 1 is 1.05 bits per heavy atom. The quantitative estimate of drug-likeness (QED) is 0.374. The molecule has 1 saturated heterocycles. The van der Waals surface area contributed by atoms with Crippen LogP contribution in [0, 0.1) is 0 Å². The van der Waals surface area contributed by atoms with Gasteiger partial charge >= 0.3 is 6.09 Å². The van der Waals surface area contributed by atoms with Crippen molar-refractivity contribution in [3.05, 3.63) is 38.7 Å². The number of likely N-dealkylation sites (tertiary alicyclic amines) is 1. The molecule has 0 atom stereocenters. The van der Waals surface area contributed by atoms with E-state index in [2.05, 4.69) is 9.97 Å². The molecule has 14 heteroatoms. The van der Waals surface area contributed by atoms with E-state index in [1.165, 1.54) is 37.1 Å². The summed E-state index contributed by atoms with van der Waals surface area (Å²) in [5.74, 6) is 0.497. The van der Waals surface area contributed by atoms with Crippen molar-refractivity contribution < 1.29 is 27.4 Å². The highest BCUT2D eigenvalue weighted by molar-refractivity contribution is 7.90. The maximum absolute atomic E-state index is 14.2. The number of hydrogen-bond acceptors (Lipinski definition) is 9. The largest absolute Gasteiger partial charge is 0.495 e. The highest BCUT2D eigenvalue weighted by Crippen LogP contribution is 2.45. The smallest absolute Gasteiger partial charge is 0.410 e. The molecule has 0 radical (unpaired) electrons. The van der Waals surface area contributed by atoms with Crippen LogP contribution < -0.4 is 15.0 Å². The topological polar surface area (TPSA) is 130 Å². The Morgan fingerprint density at radius 2 is 1.62 bits per heavy atom. The van der Waals surface area contributed by atoms with Crippen LogP contribution in [0.25, 0.3) is 22.2 Å². The number of ether oxygens (including phenoxy) is 3. The van der Waals surface area contributed by atoms with Crippen molar-refractivity contribution in [3.63, 3.8) is 0 Å². The molecule has 0 N–H and O–H groups in total. The fourth-order valence-corrected chi connectivity index (χ4v) is 5.76. The van der Waals surface area contributed by atoms with Crippen LogP contribution in [0.2, 0.25) is 10.0 Å². The summed E-state index contributed by atoms with van der Waals surface area (Å²) in [5, 5.41) is 0.186. The standard InChI is InChI=1S/C26H30Cl2N4O7S/c1-26(2,3)39-25(34)31-9-7-15(8-10-31)32-22-14(13-29-24(30-22)40(6,35)36)11-16(23(32)33)19-20(27)17(37-4)12-18(38-5)21(19)28/h11-13,15H,7-10H2,1-6H3. The van der Waals surface area contributed by atoms with Crippen molar-refractivity contribution in [1.29, 1.82) is 0 Å². The summed E-state index contributed by atoms with van der Waals surface area (Å²) >= 11 is 13.3. The fraction of sp³-hybridized carbons (Fsp3) is 0.462. The van der Waals surface area contributed by atoms with Gasteiger partial charge in [-0.2, -0.15) is 4.98 Å². The lowest BCUT2D eigenvalue weighted by Crippen LogP contribution is -2.43. The first kappa shape index (κ1) is 29.9. The average molecular weight is 614 g/mol. The summed E-state index contributed by atoms with van der Waals surface area (Å²) in [6.07, 6.45) is 2.66. The Morgan fingerprint density at radius 3 is 2.12 bits per heavy atom. The zero-order valence-electron chi connectivity index (χ0n) is 22.9. The number of methoxy groups -OCH3 is 2. The third-order valence-corrected chi connectivity index (χ3v) is 8.02. The molecule has 0 aliphatic carbocycles. The zero-order valence-corrected chi connectivity index (χ0v) is 25.3. The van der Waals surface area contributed by atoms with Crippen LogP contribution in [0.3, 0.4) is 0 Å². The van der Waals surface area contributed by atoms with E-state index in [1.54, 1.807) is 25.7 Å². The molecule has 0 unspecified atom stereocenters. The molecular formula is C26H30Cl2N4O7S. The van der Waals surface area contributed by atoms with Gasteiger partial charge in [-0.25, -0.2) is 18.2 Å². The third kappa shape index (κ3) is 5.84. The number of halogens is 2. The molecule has 40 heavy (non-hydrogen) atoms. The number of nitrogens with zero attached hydrogens (tertiary/aromatic N) is 4. The number of rotatable bonds is 5. The van der Waals surface area contributed by atoms with Crippen LogP contribution in [0.5, 0.6) is 11.5 Å². The lowest BCUT2D eigenvalue weighted by atomic mass is 10.0. The van der Waals surface area contributed by atoms with Gasteiger partial charge in [0, 0.05) is 48.6 Å². The Kier molecular flexibility index (Phi) is 8.26. The summed E-state index contributed by atoms with van der Waals surface area (Å²) in [7, 11) is -0.915. The van der Waals surface area contributed by atoms with E-state index in [-0.39, 0.29) is 38.3 Å². The van der Waals surface area contributed by atoms with Crippen molar-refractivity contribution in [1.82, 2.24) is 19.4 Å². The van der Waals surface area contributed by atoms with Crippen LogP contribution in [0.15, 0.2) is 28.3 Å². The van der Waals surface area contributed by atoms with Crippen molar-refractivity contribution in [3.8, 4) is 22.6 Å². The number of amides is 1. The minimum absolute atomic E-state index is 0.102. The Hall–Kier alpha value is -3.09. The van der Waals surface area contributed by atoms with Crippen molar-refractivity contribution in [2.75, 3.05) is 33.6 Å². The number of benzene rings is 1. The first-order chi connectivity index (χ1) is 18.7. The number of fused-ring (bicyclic) bond motifs is 1. The number of sulfone groups is 1. The van der Waals surface area contributed by atoms with Gasteiger partial charge in [-0.15, -0.1) is 0 Å². The highest BCUT2D eigenvalue weighted by atomic mass is 35.5. The van der Waals surface area contributed by atoms with Crippen LogP contribution >= 0.6 is 23.2 Å². The van der Waals surface area contributed by atoms with Gasteiger partial charge in [0.05, 0.1) is 29.8 Å². The fourth-order valence-electron chi connectivity index (χ4n) is 4.56. The molecule has 1 fully saturated rings. The van der Waals surface area contributed by atoms with E-state index in [0.29, 0.717) is 31.3 Å². The molecule has 0 bridgehead atoms. The van der Waals surface area contributed by atoms with Gasteiger partial charge in [0.25, 0.3) is 5.56 Å². The predicted molar refractivity (Wildman–Crippen MR) is 152 cm³/mol. The second kappa shape index (κ2) is 11.1. The Balaban J connectivity index is 1.91. The van der Waals surface area contributed by atoms with Crippen LogP contribution in [-0.4, -0.2) is 73.1 Å². The van der Waals surface area contributed by atoms with Gasteiger partial charge < -0.3 is 19.1 Å². The molecule has 0 spiro atoms. The molecule has 3 heterocycles. The normalized spacial score (nSPS) is 14.8. The third-order valence-electron chi connectivity index (χ3n) is 6.41. The number of hydrogen-bond donors (Lipinski definition) is 0. The van der Waals surface area contributed by atoms with Gasteiger partial charge in [-0.1, -0.05) is 23.2 Å². The minimum atomic E-state index is -3.77. The molecule has 3 aromatic rings. The second-order valence-corrected chi connectivity index (χ2v) is 13.1. The SMILES string of the molecule is COc1cc(OC)c(Cl)c(-c2cc3cnc(S(C)(=O)=O)nc3n(C3CCN(C(=O)OC(C)(C)C)CC3)c2=O)c1Cl. The molecule has 1 aromatic carbocycles. The maximum atomic E-state index is 14.2. The molecule has 11 nitrogen and oxygen atoms in total. The van der Waals surface area contributed by atoms with Crippen LogP contribution in [-0.2, 0) is 14.6 Å². The molecule has 2 aromatic heterocycles. The first-order valence-electron chi connectivity index (χ1n) is 12.4. The molecule has 1 aliphatic rings. The van der Waals surface area contributed by atoms with Gasteiger partial charge in [-0.05, 0) is 39.7 Å². The molecule has 216 valence electrons. The molecule has 0 saturated carbocycles. The van der Waals surface area contributed by atoms with Gasteiger partial charge in [0.15, 0.2) is 0 Å². The second-order valence-electron chi connectivity index (χ2n) is 10.4. The first-order valence-corrected chi connectivity index (χ1v) is 15.0. The zero-order chi connectivity index (χ0) is 29.6. The summed E-state index contributed by atoms with van der Waals surface area (Å²) in [6.45, 7) is 6.00. The van der Waals surface area contributed by atoms with Gasteiger partial charge in [0.2, 0.25) is 15.0 Å². The molecule has 4 rings (SSSR count). The van der Waals surface area contributed by atoms with Crippen molar-refractivity contribution in [2.45, 2.75) is 50.4 Å². The maximum Gasteiger partial charge on any atom is 0.410 e. The van der Waals surface area contributed by atoms with Gasteiger partial charge in [-0.3, -0.25) is 9.36 Å². The summed E-state index contributed by atoms with van der Waals surface area (Å²) in [5.41, 5.74) is -0.684. The summed E-state index contributed by atoms with van der Waals surface area (Å²) in [6, 6.07) is 2.60. The molecule has 1 aliphatic heterocycles. The van der Waals surface area contributed by atoms with E-state index in [9.17, 15) is 18.0 Å². The lowest BCUT2D eigenvalue weighted by Gasteiger charge is -2.34. The summed E-state index contributed by atoms with van der Waals surface area (Å²) < 4.78 is 42.2. The Labute approximate surface area is 241 Å². The van der Waals surface area contributed by atoms with Crippen molar-refractivity contribution >= 4 is 50.2 Å². The van der Waals surface area contributed by atoms with Crippen molar-refractivity contribution in [2.24, 2.45) is 0 Å². The predicted octanol–water partition coefficient (Wildman–Crippen LogP) is 4.76. The Bertz CT molecular complexity index is 1620. The number of aromatic nitrogens is 3. The van der Waals surface area contributed by atoms with E-state index in [4.69, 9.17) is 37.4 Å². The van der Waals surface area contributed by atoms with E-state index >= 15 is 0 Å². The summed E-state index contributed by atoms with van der Waals surface area (Å²) in [4.78, 5) is 36.7. The van der Waals surface area contributed by atoms with E-state index in [0.717, 1.165) is 6.26 Å². The lowest BCUT2D eigenvalue weighted by molar-refractivity contribution is 0.0188.